The van der Waals surface area contributed by atoms with Crippen molar-refractivity contribution >= 4 is 16.9 Å². The van der Waals surface area contributed by atoms with Crippen LogP contribution in [0, 0.1) is 0 Å². The third kappa shape index (κ3) is 5.12. The van der Waals surface area contributed by atoms with Gasteiger partial charge in [-0.2, -0.15) is 0 Å². The molecule has 2 aromatic carbocycles. The zero-order valence-corrected chi connectivity index (χ0v) is 20.1. The van der Waals surface area contributed by atoms with Crippen LogP contribution in [0.15, 0.2) is 67.0 Å². The first-order valence-electron chi connectivity index (χ1n) is 11.7. The second kappa shape index (κ2) is 10.6. The third-order valence-corrected chi connectivity index (χ3v) is 6.23. The van der Waals surface area contributed by atoms with Crippen molar-refractivity contribution in [2.75, 3.05) is 58.5 Å². The second-order valence-corrected chi connectivity index (χ2v) is 8.32. The number of nitrogens with zero attached hydrogens (tertiary/aromatic N) is 5. The van der Waals surface area contributed by atoms with Crippen LogP contribution in [0.4, 0.5) is 5.82 Å². The Bertz CT molecular complexity index is 1280. The standard InChI is InChI=1S/C27H29N5O3/c1-33-24-11-8-20(18-25(24)34-2)22-9-10-23-26(30-22)27(29-19-28-23)32-14-12-31(13-15-32)16-17-35-21-6-4-3-5-7-21/h3-11,18-19H,12-17H2,1-2H3. The molecule has 5 rings (SSSR count). The zero-order valence-electron chi connectivity index (χ0n) is 20.1. The Morgan fingerprint density at radius 1 is 0.829 bits per heavy atom. The lowest BCUT2D eigenvalue weighted by atomic mass is 10.1. The van der Waals surface area contributed by atoms with Gasteiger partial charge in [0.1, 0.15) is 24.2 Å². The van der Waals surface area contributed by atoms with E-state index in [0.29, 0.717) is 18.1 Å². The number of benzene rings is 2. The minimum atomic E-state index is 0.670. The number of piperazine rings is 1. The smallest absolute Gasteiger partial charge is 0.161 e. The zero-order chi connectivity index (χ0) is 24.0. The Morgan fingerprint density at radius 2 is 1.63 bits per heavy atom. The van der Waals surface area contributed by atoms with E-state index in [1.54, 1.807) is 20.5 Å². The van der Waals surface area contributed by atoms with Gasteiger partial charge >= 0.3 is 0 Å². The number of methoxy groups -OCH3 is 2. The molecule has 180 valence electrons. The van der Waals surface area contributed by atoms with Gasteiger partial charge in [0.05, 0.1) is 25.4 Å². The monoisotopic (exact) mass is 471 g/mol. The molecular formula is C27H29N5O3. The highest BCUT2D eigenvalue weighted by Gasteiger charge is 2.21. The Hall–Kier alpha value is -3.91. The van der Waals surface area contributed by atoms with Crippen LogP contribution < -0.4 is 19.1 Å². The summed E-state index contributed by atoms with van der Waals surface area (Å²) in [7, 11) is 3.26. The van der Waals surface area contributed by atoms with Crippen molar-refractivity contribution in [3.05, 3.63) is 67.0 Å². The van der Waals surface area contributed by atoms with Crippen LogP contribution in [0.2, 0.25) is 0 Å². The van der Waals surface area contributed by atoms with Crippen LogP contribution in [0.5, 0.6) is 17.2 Å². The lowest BCUT2D eigenvalue weighted by Crippen LogP contribution is -2.47. The maximum absolute atomic E-state index is 5.86. The quantitative estimate of drug-likeness (QED) is 0.383. The number of fused-ring (bicyclic) bond motifs is 1. The van der Waals surface area contributed by atoms with Crippen LogP contribution in [-0.2, 0) is 0 Å². The van der Waals surface area contributed by atoms with E-state index in [-0.39, 0.29) is 0 Å². The number of anilines is 1. The molecule has 1 saturated heterocycles. The van der Waals surface area contributed by atoms with Crippen LogP contribution in [0.25, 0.3) is 22.3 Å². The van der Waals surface area contributed by atoms with Crippen molar-refractivity contribution in [3.63, 3.8) is 0 Å². The molecule has 1 fully saturated rings. The fraction of sp³-hybridized carbons (Fsp3) is 0.296. The van der Waals surface area contributed by atoms with E-state index in [4.69, 9.17) is 19.2 Å². The molecule has 0 N–H and O–H groups in total. The number of rotatable bonds is 8. The number of para-hydroxylation sites is 1. The predicted octanol–water partition coefficient (Wildman–Crippen LogP) is 3.91. The summed E-state index contributed by atoms with van der Waals surface area (Å²) >= 11 is 0. The fourth-order valence-corrected chi connectivity index (χ4v) is 4.31. The van der Waals surface area contributed by atoms with Gasteiger partial charge in [0.25, 0.3) is 0 Å². The molecule has 35 heavy (non-hydrogen) atoms. The van der Waals surface area contributed by atoms with E-state index in [9.17, 15) is 0 Å². The number of hydrogen-bond donors (Lipinski definition) is 0. The highest BCUT2D eigenvalue weighted by molar-refractivity contribution is 5.87. The third-order valence-electron chi connectivity index (χ3n) is 6.23. The molecule has 0 unspecified atom stereocenters. The van der Waals surface area contributed by atoms with Crippen molar-refractivity contribution in [2.45, 2.75) is 0 Å². The lowest BCUT2D eigenvalue weighted by Gasteiger charge is -2.35. The molecule has 0 bridgehead atoms. The van der Waals surface area contributed by atoms with Crippen molar-refractivity contribution in [3.8, 4) is 28.5 Å². The van der Waals surface area contributed by atoms with Gasteiger partial charge in [-0.1, -0.05) is 18.2 Å². The SMILES string of the molecule is COc1ccc(-c2ccc3ncnc(N4CCN(CCOc5ccccc5)CC4)c3n2)cc1OC. The highest BCUT2D eigenvalue weighted by Crippen LogP contribution is 2.33. The van der Waals surface area contributed by atoms with Crippen molar-refractivity contribution in [1.82, 2.24) is 19.9 Å². The van der Waals surface area contributed by atoms with Gasteiger partial charge in [-0.25, -0.2) is 15.0 Å². The van der Waals surface area contributed by atoms with Gasteiger partial charge in [0.2, 0.25) is 0 Å². The van der Waals surface area contributed by atoms with Gasteiger partial charge in [-0.15, -0.1) is 0 Å². The molecule has 0 amide bonds. The summed E-state index contributed by atoms with van der Waals surface area (Å²) < 4.78 is 16.7. The average molecular weight is 472 g/mol. The van der Waals surface area contributed by atoms with Crippen LogP contribution in [-0.4, -0.2) is 73.4 Å². The molecule has 0 aliphatic carbocycles. The van der Waals surface area contributed by atoms with Gasteiger partial charge < -0.3 is 19.1 Å². The van der Waals surface area contributed by atoms with E-state index in [1.807, 2.05) is 60.7 Å². The maximum atomic E-state index is 5.86. The minimum Gasteiger partial charge on any atom is -0.493 e. The summed E-state index contributed by atoms with van der Waals surface area (Å²) in [6, 6.07) is 19.7. The number of aromatic nitrogens is 3. The molecule has 8 nitrogen and oxygen atoms in total. The molecule has 3 heterocycles. The van der Waals surface area contributed by atoms with Crippen LogP contribution >= 0.6 is 0 Å². The molecule has 4 aromatic rings. The topological polar surface area (TPSA) is 72.8 Å². The number of hydrogen-bond acceptors (Lipinski definition) is 8. The van der Waals surface area contributed by atoms with Crippen molar-refractivity contribution < 1.29 is 14.2 Å². The molecule has 2 aromatic heterocycles. The Kier molecular flexibility index (Phi) is 6.90. The maximum Gasteiger partial charge on any atom is 0.161 e. The molecule has 1 aliphatic rings. The minimum absolute atomic E-state index is 0.670. The molecular weight excluding hydrogens is 442 g/mol. The van der Waals surface area contributed by atoms with E-state index in [1.165, 1.54) is 0 Å². The first-order valence-corrected chi connectivity index (χ1v) is 11.7. The molecule has 0 radical (unpaired) electrons. The first-order chi connectivity index (χ1) is 17.2. The van der Waals surface area contributed by atoms with Gasteiger partial charge in [-0.05, 0) is 42.5 Å². The van der Waals surface area contributed by atoms with E-state index in [0.717, 1.165) is 66.6 Å². The molecule has 0 atom stereocenters. The molecule has 0 saturated carbocycles. The predicted molar refractivity (Wildman–Crippen MR) is 136 cm³/mol. The Balaban J connectivity index is 1.29. The van der Waals surface area contributed by atoms with Crippen molar-refractivity contribution in [1.29, 1.82) is 0 Å². The Labute approximate surface area is 205 Å². The fourth-order valence-electron chi connectivity index (χ4n) is 4.31. The van der Waals surface area contributed by atoms with E-state index >= 15 is 0 Å². The van der Waals surface area contributed by atoms with Crippen LogP contribution in [0.1, 0.15) is 0 Å². The number of ether oxygens (including phenoxy) is 3. The second-order valence-electron chi connectivity index (χ2n) is 8.32. The summed E-state index contributed by atoms with van der Waals surface area (Å²) in [5.74, 6) is 3.14. The van der Waals surface area contributed by atoms with Gasteiger partial charge in [0, 0.05) is 38.3 Å². The van der Waals surface area contributed by atoms with Gasteiger partial charge in [-0.3, -0.25) is 4.90 Å². The average Bonchev–Trinajstić information content (AvgIpc) is 2.93. The van der Waals surface area contributed by atoms with E-state index in [2.05, 4.69) is 19.8 Å². The molecule has 1 aliphatic heterocycles. The van der Waals surface area contributed by atoms with Crippen LogP contribution in [0.3, 0.4) is 0 Å². The molecule has 8 heteroatoms. The first kappa shape index (κ1) is 22.9. The van der Waals surface area contributed by atoms with E-state index < -0.39 is 0 Å². The molecule has 0 spiro atoms. The summed E-state index contributed by atoms with van der Waals surface area (Å²) in [4.78, 5) is 18.7. The Morgan fingerprint density at radius 3 is 2.40 bits per heavy atom. The highest BCUT2D eigenvalue weighted by atomic mass is 16.5. The normalized spacial score (nSPS) is 14.2. The van der Waals surface area contributed by atoms with Gasteiger partial charge in [0.15, 0.2) is 17.3 Å². The summed E-state index contributed by atoms with van der Waals surface area (Å²) in [6.45, 7) is 5.21. The summed E-state index contributed by atoms with van der Waals surface area (Å²) in [6.07, 6.45) is 1.62. The summed E-state index contributed by atoms with van der Waals surface area (Å²) in [5, 5.41) is 0. The lowest BCUT2D eigenvalue weighted by molar-refractivity contribution is 0.200. The summed E-state index contributed by atoms with van der Waals surface area (Å²) in [5.41, 5.74) is 3.42. The number of pyridine rings is 1. The van der Waals surface area contributed by atoms with Crippen molar-refractivity contribution in [2.24, 2.45) is 0 Å². The largest absolute Gasteiger partial charge is 0.493 e.